The summed E-state index contributed by atoms with van der Waals surface area (Å²) in [5.41, 5.74) is 8.86. The Kier molecular flexibility index (Phi) is 5.24. The Morgan fingerprint density at radius 3 is 2.26 bits per heavy atom. The van der Waals surface area contributed by atoms with E-state index in [0.717, 1.165) is 64.0 Å². The minimum Gasteiger partial charge on any atom is -0.456 e. The van der Waals surface area contributed by atoms with Gasteiger partial charge in [-0.3, -0.25) is 4.90 Å². The lowest BCUT2D eigenvalue weighted by molar-refractivity contribution is 0.161. The standard InChI is InChI=1S/C37H33N3O2/c1-22(2)30-15-16-33-36-29(10-7-19-39(30)33)38-42-37(36)23-13-17-34-27(20-23)28-21-24(14-18-35(28)41-34)40-31-11-5-3-8-25(31)26-9-4-6-12-32(26)40/h3-6,8-9,11-14,17-18,20-22,30,33H,7,10,15-16,19H2,1-2H3. The molecule has 9 rings (SSSR count). The van der Waals surface area contributed by atoms with E-state index in [4.69, 9.17) is 8.94 Å². The molecule has 4 aromatic carbocycles. The Morgan fingerprint density at radius 1 is 0.786 bits per heavy atom. The summed E-state index contributed by atoms with van der Waals surface area (Å²) >= 11 is 0. The highest BCUT2D eigenvalue weighted by Crippen LogP contribution is 2.46. The summed E-state index contributed by atoms with van der Waals surface area (Å²) in [4.78, 5) is 2.74. The molecule has 2 atom stereocenters. The number of hydrogen-bond donors (Lipinski definition) is 0. The van der Waals surface area contributed by atoms with Crippen LogP contribution >= 0.6 is 0 Å². The number of aryl methyl sites for hydroxylation is 1. The van der Waals surface area contributed by atoms with Gasteiger partial charge in [-0.05, 0) is 86.7 Å². The maximum Gasteiger partial charge on any atom is 0.171 e. The number of nitrogens with zero attached hydrogens (tertiary/aromatic N) is 3. The third-order valence-corrected chi connectivity index (χ3v) is 9.85. The fourth-order valence-electron chi connectivity index (χ4n) is 7.98. The maximum atomic E-state index is 6.35. The summed E-state index contributed by atoms with van der Waals surface area (Å²) in [6, 6.07) is 31.3. The fraction of sp³-hybridized carbons (Fsp3) is 0.270. The van der Waals surface area contributed by atoms with Gasteiger partial charge in [-0.25, -0.2) is 0 Å². The summed E-state index contributed by atoms with van der Waals surface area (Å²) in [5, 5.41) is 9.37. The van der Waals surface area contributed by atoms with E-state index >= 15 is 0 Å². The summed E-state index contributed by atoms with van der Waals surface area (Å²) in [5.74, 6) is 1.58. The van der Waals surface area contributed by atoms with Crippen LogP contribution in [0.3, 0.4) is 0 Å². The molecule has 0 bridgehead atoms. The second-order valence-corrected chi connectivity index (χ2v) is 12.5. The number of hydrogen-bond acceptors (Lipinski definition) is 4. The van der Waals surface area contributed by atoms with E-state index in [1.54, 1.807) is 0 Å². The Balaban J connectivity index is 1.21. The predicted octanol–water partition coefficient (Wildman–Crippen LogP) is 9.45. The van der Waals surface area contributed by atoms with Crippen LogP contribution in [0, 0.1) is 5.92 Å². The number of aromatic nitrogens is 2. The molecule has 0 radical (unpaired) electrons. The van der Waals surface area contributed by atoms with Crippen molar-refractivity contribution in [2.75, 3.05) is 6.54 Å². The molecule has 5 nitrogen and oxygen atoms in total. The lowest BCUT2D eigenvalue weighted by atomic mass is 9.96. The van der Waals surface area contributed by atoms with Gasteiger partial charge in [0.1, 0.15) is 11.2 Å². The van der Waals surface area contributed by atoms with Gasteiger partial charge in [-0.1, -0.05) is 55.4 Å². The quantitative estimate of drug-likeness (QED) is 0.219. The van der Waals surface area contributed by atoms with E-state index in [9.17, 15) is 0 Å². The van der Waals surface area contributed by atoms with Crippen LogP contribution in [0.4, 0.5) is 0 Å². The van der Waals surface area contributed by atoms with Crippen molar-refractivity contribution in [2.45, 2.75) is 51.6 Å². The molecule has 0 N–H and O–H groups in total. The summed E-state index contributed by atoms with van der Waals surface area (Å²) in [6.45, 7) is 5.86. The Bertz CT molecular complexity index is 2090. The van der Waals surface area contributed by atoms with Crippen molar-refractivity contribution in [3.05, 3.63) is 96.2 Å². The molecule has 0 saturated carbocycles. The number of para-hydroxylation sites is 2. The van der Waals surface area contributed by atoms with Crippen molar-refractivity contribution in [1.82, 2.24) is 14.6 Å². The zero-order chi connectivity index (χ0) is 27.9. The topological polar surface area (TPSA) is 47.3 Å². The second-order valence-electron chi connectivity index (χ2n) is 12.5. The normalized spacial score (nSPS) is 19.3. The molecule has 7 aromatic rings. The highest BCUT2D eigenvalue weighted by Gasteiger charge is 2.41. The molecule has 0 aliphatic carbocycles. The molecular formula is C37H33N3O2. The molecule has 0 amide bonds. The van der Waals surface area contributed by atoms with Crippen molar-refractivity contribution in [1.29, 1.82) is 0 Å². The van der Waals surface area contributed by atoms with E-state index < -0.39 is 0 Å². The lowest BCUT2D eigenvalue weighted by Crippen LogP contribution is -2.35. The first-order valence-electron chi connectivity index (χ1n) is 15.3. The minimum atomic E-state index is 0.384. The van der Waals surface area contributed by atoms with Crippen molar-refractivity contribution in [3.8, 4) is 17.0 Å². The first kappa shape index (κ1) is 24.3. The molecule has 208 valence electrons. The Morgan fingerprint density at radius 2 is 1.50 bits per heavy atom. The van der Waals surface area contributed by atoms with Gasteiger partial charge in [0.05, 0.1) is 16.7 Å². The van der Waals surface area contributed by atoms with E-state index in [0.29, 0.717) is 18.0 Å². The largest absolute Gasteiger partial charge is 0.456 e. The van der Waals surface area contributed by atoms with E-state index in [1.807, 2.05) is 0 Å². The monoisotopic (exact) mass is 551 g/mol. The van der Waals surface area contributed by atoms with Crippen molar-refractivity contribution < 1.29 is 8.94 Å². The maximum absolute atomic E-state index is 6.35. The van der Waals surface area contributed by atoms with Crippen LogP contribution in [0.1, 0.15) is 50.4 Å². The van der Waals surface area contributed by atoms with Gasteiger partial charge in [-0.2, -0.15) is 0 Å². The lowest BCUT2D eigenvalue weighted by Gasteiger charge is -2.31. The zero-order valence-electron chi connectivity index (χ0n) is 24.0. The second kappa shape index (κ2) is 9.07. The first-order valence-corrected chi connectivity index (χ1v) is 15.3. The molecule has 0 spiro atoms. The molecule has 1 fully saturated rings. The van der Waals surface area contributed by atoms with Crippen molar-refractivity contribution >= 4 is 43.7 Å². The molecule has 1 saturated heterocycles. The van der Waals surface area contributed by atoms with Crippen LogP contribution in [0.15, 0.2) is 93.9 Å². The molecular weight excluding hydrogens is 518 g/mol. The van der Waals surface area contributed by atoms with Gasteiger partial charge >= 0.3 is 0 Å². The SMILES string of the molecule is CC(C)C1CCC2c3c(noc3-c3ccc4oc5ccc(-n6c7ccccc7c7ccccc76)cc5c4c3)CCCN21. The van der Waals surface area contributed by atoms with Crippen LogP contribution in [0.5, 0.6) is 0 Å². The molecule has 42 heavy (non-hydrogen) atoms. The van der Waals surface area contributed by atoms with Crippen LogP contribution in [-0.2, 0) is 6.42 Å². The van der Waals surface area contributed by atoms with Gasteiger partial charge < -0.3 is 13.5 Å². The predicted molar refractivity (Wildman–Crippen MR) is 169 cm³/mol. The van der Waals surface area contributed by atoms with E-state index in [2.05, 4.69) is 113 Å². The van der Waals surface area contributed by atoms with Gasteiger partial charge in [0.15, 0.2) is 5.76 Å². The highest BCUT2D eigenvalue weighted by molar-refractivity contribution is 6.10. The Labute approximate surface area is 244 Å². The molecule has 3 aromatic heterocycles. The van der Waals surface area contributed by atoms with Crippen LogP contribution in [0.25, 0.3) is 60.8 Å². The van der Waals surface area contributed by atoms with Crippen LogP contribution in [0.2, 0.25) is 0 Å². The van der Waals surface area contributed by atoms with Gasteiger partial charge in [0.25, 0.3) is 0 Å². The zero-order valence-corrected chi connectivity index (χ0v) is 24.0. The number of rotatable bonds is 3. The van der Waals surface area contributed by atoms with Gasteiger partial charge in [0, 0.05) is 50.4 Å². The molecule has 5 heteroatoms. The van der Waals surface area contributed by atoms with Crippen molar-refractivity contribution in [2.24, 2.45) is 5.92 Å². The minimum absolute atomic E-state index is 0.384. The van der Waals surface area contributed by atoms with Crippen molar-refractivity contribution in [3.63, 3.8) is 0 Å². The molecule has 2 aliphatic heterocycles. The molecule has 2 unspecified atom stereocenters. The summed E-state index contributed by atoms with van der Waals surface area (Å²) in [7, 11) is 0. The Hall–Kier alpha value is -4.35. The van der Waals surface area contributed by atoms with E-state index in [1.165, 1.54) is 40.2 Å². The van der Waals surface area contributed by atoms with Gasteiger partial charge in [-0.15, -0.1) is 0 Å². The number of fused-ring (bicyclic) bond motifs is 9. The van der Waals surface area contributed by atoms with Crippen LogP contribution < -0.4 is 0 Å². The summed E-state index contributed by atoms with van der Waals surface area (Å²) in [6.07, 6.45) is 4.53. The first-order chi connectivity index (χ1) is 20.7. The average Bonchev–Trinajstić information content (AvgIpc) is 3.76. The number of furan rings is 1. The fourth-order valence-corrected chi connectivity index (χ4v) is 7.98. The third kappa shape index (κ3) is 3.43. The number of benzene rings is 4. The average molecular weight is 552 g/mol. The highest BCUT2D eigenvalue weighted by atomic mass is 16.5. The summed E-state index contributed by atoms with van der Waals surface area (Å²) < 4.78 is 14.9. The molecule has 5 heterocycles. The molecule has 2 aliphatic rings. The smallest absolute Gasteiger partial charge is 0.171 e. The van der Waals surface area contributed by atoms with Crippen LogP contribution in [-0.4, -0.2) is 27.2 Å². The third-order valence-electron chi connectivity index (χ3n) is 9.85. The van der Waals surface area contributed by atoms with Gasteiger partial charge in [0.2, 0.25) is 0 Å². The van der Waals surface area contributed by atoms with E-state index in [-0.39, 0.29) is 0 Å².